The fourth-order valence-corrected chi connectivity index (χ4v) is 10.2. The van der Waals surface area contributed by atoms with E-state index >= 15 is 0 Å². The fourth-order valence-electron chi connectivity index (χ4n) is 4.40. The molecule has 0 bridgehead atoms. The summed E-state index contributed by atoms with van der Waals surface area (Å²) < 4.78 is 0. The van der Waals surface area contributed by atoms with Gasteiger partial charge in [-0.3, -0.25) is 0 Å². The molecule has 0 unspecified atom stereocenters. The van der Waals surface area contributed by atoms with Crippen molar-refractivity contribution in [2.75, 3.05) is 6.16 Å². The number of rotatable bonds is 10. The Bertz CT molecular complexity index is 1100. The van der Waals surface area contributed by atoms with Crippen LogP contribution in [0.2, 0.25) is 0 Å². The van der Waals surface area contributed by atoms with Crippen LogP contribution in [0.5, 0.6) is 0 Å². The zero-order valence-corrected chi connectivity index (χ0v) is 23.1. The Morgan fingerprint density at radius 3 is 1.57 bits per heavy atom. The van der Waals surface area contributed by atoms with E-state index in [-0.39, 0.29) is 0 Å². The summed E-state index contributed by atoms with van der Waals surface area (Å²) in [5, 5.41) is 3.59. The Kier molecular flexibility index (Phi) is 9.50. The van der Waals surface area contributed by atoms with E-state index < -0.39 is 5.96 Å². The fraction of sp³-hybridized carbons (Fsp3) is 0.212. The predicted molar refractivity (Wildman–Crippen MR) is 161 cm³/mol. The monoisotopic (exact) mass is 500 g/mol. The van der Waals surface area contributed by atoms with Crippen LogP contribution < -0.4 is 15.9 Å². The summed E-state index contributed by atoms with van der Waals surface area (Å²) in [7, 11) is 0. The molecule has 0 spiro atoms. The van der Waals surface area contributed by atoms with Crippen LogP contribution in [0.25, 0.3) is 0 Å². The molecule has 0 heterocycles. The molecule has 3 aromatic carbocycles. The molecule has 0 nitrogen and oxygen atoms in total. The van der Waals surface area contributed by atoms with Crippen LogP contribution in [0.3, 0.4) is 0 Å². The van der Waals surface area contributed by atoms with E-state index in [2.05, 4.69) is 149 Å². The van der Waals surface area contributed by atoms with E-state index in [1.807, 2.05) is 0 Å². The van der Waals surface area contributed by atoms with Crippen LogP contribution in [0, 0.1) is 0 Å². The van der Waals surface area contributed by atoms with Gasteiger partial charge in [0.2, 0.25) is 0 Å². The van der Waals surface area contributed by atoms with Crippen LogP contribution in [-0.4, -0.2) is 6.16 Å². The van der Waals surface area contributed by atoms with E-state index in [4.69, 9.17) is 11.2 Å². The zero-order chi connectivity index (χ0) is 25.2. The maximum atomic E-state index is 8.13. The van der Waals surface area contributed by atoms with Gasteiger partial charge in [-0.25, -0.2) is 0 Å². The Morgan fingerprint density at radius 2 is 1.14 bits per heavy atom. The van der Waals surface area contributed by atoms with Crippen molar-refractivity contribution in [3.8, 4) is 0 Å². The van der Waals surface area contributed by atoms with Gasteiger partial charge in [-0.2, -0.15) is 0 Å². The number of halogens is 1. The predicted octanol–water partition coefficient (Wildman–Crippen LogP) is 8.87. The Hall–Kier alpha value is -2.66. The average Bonchev–Trinajstić information content (AvgIpc) is 2.89. The summed E-state index contributed by atoms with van der Waals surface area (Å²) in [5.74, 6) is -3.25. The van der Waals surface area contributed by atoms with Crippen molar-refractivity contribution in [1.82, 2.24) is 0 Å². The SMILES string of the molecule is CC(C)=CCCC(C)=CC=CC(C)=CCP(Cl)(c1ccccc1)(c1ccccc1)c1ccccc1. The van der Waals surface area contributed by atoms with Gasteiger partial charge in [0.15, 0.2) is 0 Å². The Balaban J connectivity index is 2.02. The van der Waals surface area contributed by atoms with Crippen LogP contribution in [0.4, 0.5) is 0 Å². The van der Waals surface area contributed by atoms with Gasteiger partial charge in [0.25, 0.3) is 0 Å². The molecule has 35 heavy (non-hydrogen) atoms. The molecule has 0 aliphatic rings. The molecule has 0 N–H and O–H groups in total. The summed E-state index contributed by atoms with van der Waals surface area (Å²) >= 11 is 8.13. The van der Waals surface area contributed by atoms with Gasteiger partial charge in [0.05, 0.1) is 0 Å². The Morgan fingerprint density at radius 1 is 0.686 bits per heavy atom. The zero-order valence-electron chi connectivity index (χ0n) is 21.5. The number of hydrogen-bond acceptors (Lipinski definition) is 0. The minimum atomic E-state index is -3.25. The first-order valence-corrected chi connectivity index (χ1v) is 15.7. The van der Waals surface area contributed by atoms with Crippen molar-refractivity contribution >= 4 is 33.1 Å². The van der Waals surface area contributed by atoms with E-state index in [0.29, 0.717) is 0 Å². The molecule has 3 aromatic rings. The summed E-state index contributed by atoms with van der Waals surface area (Å²) in [4.78, 5) is 0. The van der Waals surface area contributed by atoms with Gasteiger partial charge in [-0.15, -0.1) is 0 Å². The molecule has 0 aliphatic carbocycles. The van der Waals surface area contributed by atoms with E-state index in [9.17, 15) is 0 Å². The van der Waals surface area contributed by atoms with Crippen molar-refractivity contribution in [2.24, 2.45) is 0 Å². The molecule has 0 saturated heterocycles. The molecule has 3 rings (SSSR count). The van der Waals surface area contributed by atoms with Crippen LogP contribution in [0.15, 0.2) is 138 Å². The molecule has 182 valence electrons. The van der Waals surface area contributed by atoms with Gasteiger partial charge in [0.1, 0.15) is 0 Å². The summed E-state index contributed by atoms with van der Waals surface area (Å²) in [6.07, 6.45) is 14.1. The number of hydrogen-bond donors (Lipinski definition) is 0. The second kappa shape index (κ2) is 12.3. The van der Waals surface area contributed by atoms with E-state index in [1.54, 1.807) is 0 Å². The molecule has 0 aromatic heterocycles. The third-order valence-electron chi connectivity index (χ3n) is 6.47. The molecular weight excluding hydrogens is 463 g/mol. The molecule has 0 aliphatic heterocycles. The van der Waals surface area contributed by atoms with Crippen LogP contribution in [0.1, 0.15) is 40.5 Å². The van der Waals surface area contributed by atoms with Gasteiger partial charge in [-0.05, 0) is 0 Å². The van der Waals surface area contributed by atoms with Gasteiger partial charge >= 0.3 is 218 Å². The molecule has 0 radical (unpaired) electrons. The standard InChI is InChI=1S/C33H38ClP/c1-28(2)16-14-17-29(3)18-15-19-30(4)26-27-35(34,31-20-8-5-9-21-31,32-22-10-6-11-23-32)33-24-12-7-13-25-33/h5-13,15-16,18-26H,14,17,27H2,1-4H3. The molecule has 0 saturated carbocycles. The third kappa shape index (κ3) is 6.52. The summed E-state index contributed by atoms with van der Waals surface area (Å²) in [6.45, 7) is 8.68. The summed E-state index contributed by atoms with van der Waals surface area (Å²) in [5.41, 5.74) is 3.99. The average molecular weight is 501 g/mol. The normalized spacial score (nSPS) is 13.9. The first-order valence-electron chi connectivity index (χ1n) is 12.4. The van der Waals surface area contributed by atoms with E-state index in [1.165, 1.54) is 32.6 Å². The van der Waals surface area contributed by atoms with Crippen molar-refractivity contribution in [1.29, 1.82) is 0 Å². The first-order chi connectivity index (χ1) is 16.8. The third-order valence-corrected chi connectivity index (χ3v) is 13.6. The minimum absolute atomic E-state index is 0.755. The van der Waals surface area contributed by atoms with Crippen molar-refractivity contribution < 1.29 is 0 Å². The van der Waals surface area contributed by atoms with Gasteiger partial charge < -0.3 is 0 Å². The second-order valence-corrected chi connectivity index (χ2v) is 16.0. The van der Waals surface area contributed by atoms with Crippen LogP contribution >= 0.6 is 17.2 Å². The molecular formula is C33H38ClP. The van der Waals surface area contributed by atoms with Gasteiger partial charge in [0, 0.05) is 0 Å². The number of allylic oxidation sites excluding steroid dienone is 8. The van der Waals surface area contributed by atoms with E-state index in [0.717, 1.165) is 19.0 Å². The van der Waals surface area contributed by atoms with Crippen LogP contribution in [-0.2, 0) is 0 Å². The summed E-state index contributed by atoms with van der Waals surface area (Å²) in [6, 6.07) is 32.0. The topological polar surface area (TPSA) is 0 Å². The number of benzene rings is 3. The quantitative estimate of drug-likeness (QED) is 0.148. The molecule has 2 heteroatoms. The maximum absolute atomic E-state index is 8.13. The van der Waals surface area contributed by atoms with Crippen molar-refractivity contribution in [2.45, 2.75) is 40.5 Å². The Labute approximate surface area is 217 Å². The van der Waals surface area contributed by atoms with Crippen molar-refractivity contribution in [3.05, 3.63) is 138 Å². The molecule has 0 amide bonds. The van der Waals surface area contributed by atoms with Crippen molar-refractivity contribution in [3.63, 3.8) is 0 Å². The molecule has 0 fully saturated rings. The first kappa shape index (κ1) is 26.9. The van der Waals surface area contributed by atoms with Gasteiger partial charge in [-0.1, -0.05) is 0 Å². The second-order valence-electron chi connectivity index (χ2n) is 9.51. The molecule has 0 atom stereocenters.